The molecule has 0 aliphatic rings. The van der Waals surface area contributed by atoms with E-state index in [4.69, 9.17) is 5.73 Å². The molecule has 2 heterocycles. The third-order valence-corrected chi connectivity index (χ3v) is 1.81. The van der Waals surface area contributed by atoms with Crippen molar-refractivity contribution in [2.75, 3.05) is 0 Å². The van der Waals surface area contributed by atoms with E-state index in [9.17, 15) is 10.0 Å². The van der Waals surface area contributed by atoms with Crippen molar-refractivity contribution in [3.63, 3.8) is 0 Å². The summed E-state index contributed by atoms with van der Waals surface area (Å²) in [7, 11) is 0. The van der Waals surface area contributed by atoms with Crippen LogP contribution in [-0.2, 0) is 0 Å². The van der Waals surface area contributed by atoms with Crippen molar-refractivity contribution in [2.45, 2.75) is 0 Å². The maximum Gasteiger partial charge on any atom is 0.265 e. The van der Waals surface area contributed by atoms with E-state index in [1.54, 1.807) is 12.1 Å². The number of hydrogen-bond donors (Lipinski definition) is 2. The molecule has 0 radical (unpaired) electrons. The number of nitrogens with zero attached hydrogens (tertiary/aromatic N) is 1. The highest BCUT2D eigenvalue weighted by Gasteiger charge is 2.10. The minimum atomic E-state index is -0.573. The number of nitrogens with two attached hydrogens (primary N) is 1. The molecule has 0 fully saturated rings. The minimum absolute atomic E-state index is 0.241. The zero-order valence-electron chi connectivity index (χ0n) is 6.65. The summed E-state index contributed by atoms with van der Waals surface area (Å²) in [6, 6.07) is 4.73. The molecule has 2 rings (SSSR count). The summed E-state index contributed by atoms with van der Waals surface area (Å²) in [5.41, 5.74) is 6.30. The third-order valence-electron chi connectivity index (χ3n) is 1.81. The molecule has 2 aromatic heterocycles. The maximum absolute atomic E-state index is 11.2. The van der Waals surface area contributed by atoms with Gasteiger partial charge >= 0.3 is 0 Å². The van der Waals surface area contributed by atoms with Gasteiger partial charge < -0.3 is 15.9 Å². The summed E-state index contributed by atoms with van der Waals surface area (Å²) in [5, 5.41) is 11.2. The van der Waals surface area contributed by atoms with Crippen molar-refractivity contribution in [3.8, 4) is 0 Å². The standard InChI is InChI=1S/C8H7N3O2/c9-8(12)6-4-7-5(10-6)2-1-3-11(7)13/h1-4,10H,(H2,9,12). The summed E-state index contributed by atoms with van der Waals surface area (Å²) in [6.07, 6.45) is 1.36. The SMILES string of the molecule is NC(=O)c1cc2c(ccc[n+]2[O-])[nH]1. The van der Waals surface area contributed by atoms with Crippen LogP contribution in [0.2, 0.25) is 0 Å². The Morgan fingerprint density at radius 2 is 2.38 bits per heavy atom. The normalized spacial score (nSPS) is 10.5. The molecule has 0 aliphatic carbocycles. The van der Waals surface area contributed by atoms with Gasteiger partial charge in [0, 0.05) is 12.1 Å². The van der Waals surface area contributed by atoms with Crippen LogP contribution >= 0.6 is 0 Å². The Hall–Kier alpha value is -2.04. The largest absolute Gasteiger partial charge is 0.618 e. The zero-order valence-corrected chi connectivity index (χ0v) is 6.65. The average Bonchev–Trinajstić information content (AvgIpc) is 2.49. The first-order valence-corrected chi connectivity index (χ1v) is 3.69. The fraction of sp³-hybridized carbons (Fsp3) is 0. The molecule has 0 aromatic carbocycles. The van der Waals surface area contributed by atoms with Gasteiger partial charge in [-0.15, -0.1) is 0 Å². The van der Waals surface area contributed by atoms with E-state index in [1.807, 2.05) is 0 Å². The summed E-state index contributed by atoms with van der Waals surface area (Å²) >= 11 is 0. The number of carbonyl (C=O) groups is 1. The topological polar surface area (TPSA) is 85.8 Å². The Kier molecular flexibility index (Phi) is 1.45. The number of aromatic amines is 1. The number of carbonyl (C=O) groups excluding carboxylic acids is 1. The molecule has 1 amide bonds. The van der Waals surface area contributed by atoms with E-state index in [2.05, 4.69) is 4.98 Å². The summed E-state index contributed by atoms with van der Waals surface area (Å²) in [5.74, 6) is -0.573. The fourth-order valence-corrected chi connectivity index (χ4v) is 1.20. The Morgan fingerprint density at radius 3 is 3.00 bits per heavy atom. The molecule has 5 nitrogen and oxygen atoms in total. The number of fused-ring (bicyclic) bond motifs is 1. The number of hydrogen-bond acceptors (Lipinski definition) is 2. The van der Waals surface area contributed by atoms with Gasteiger partial charge in [-0.2, -0.15) is 4.73 Å². The van der Waals surface area contributed by atoms with Crippen molar-refractivity contribution in [1.82, 2.24) is 4.98 Å². The monoisotopic (exact) mass is 177 g/mol. The number of H-pyrrole nitrogens is 1. The van der Waals surface area contributed by atoms with Crippen LogP contribution in [0.5, 0.6) is 0 Å². The predicted molar refractivity (Wildman–Crippen MR) is 45.8 cm³/mol. The predicted octanol–water partition coefficient (Wildman–Crippen LogP) is -0.0998. The van der Waals surface area contributed by atoms with Crippen molar-refractivity contribution in [1.29, 1.82) is 0 Å². The number of rotatable bonds is 1. The lowest BCUT2D eigenvalue weighted by molar-refractivity contribution is -0.576. The number of nitrogens with one attached hydrogen (secondary N) is 1. The van der Waals surface area contributed by atoms with E-state index >= 15 is 0 Å². The molecule has 66 valence electrons. The van der Waals surface area contributed by atoms with E-state index < -0.39 is 5.91 Å². The first-order chi connectivity index (χ1) is 6.18. The number of pyridine rings is 1. The molecule has 0 bridgehead atoms. The van der Waals surface area contributed by atoms with Crippen LogP contribution in [0, 0.1) is 5.21 Å². The highest BCUT2D eigenvalue weighted by atomic mass is 16.5. The van der Waals surface area contributed by atoms with Crippen LogP contribution in [0.3, 0.4) is 0 Å². The van der Waals surface area contributed by atoms with E-state index in [0.717, 1.165) is 0 Å². The lowest BCUT2D eigenvalue weighted by Gasteiger charge is -1.93. The Bertz CT molecular complexity index is 475. The third kappa shape index (κ3) is 1.10. The fourth-order valence-electron chi connectivity index (χ4n) is 1.20. The minimum Gasteiger partial charge on any atom is -0.618 e. The molecule has 0 saturated carbocycles. The van der Waals surface area contributed by atoms with Crippen LogP contribution in [0.4, 0.5) is 0 Å². The smallest absolute Gasteiger partial charge is 0.265 e. The van der Waals surface area contributed by atoms with Crippen molar-refractivity contribution >= 4 is 16.9 Å². The first kappa shape index (κ1) is 7.60. The highest BCUT2D eigenvalue weighted by molar-refractivity contribution is 5.95. The molecule has 0 saturated heterocycles. The van der Waals surface area contributed by atoms with Crippen LogP contribution in [0.25, 0.3) is 11.0 Å². The van der Waals surface area contributed by atoms with Gasteiger partial charge in [-0.05, 0) is 6.07 Å². The van der Waals surface area contributed by atoms with Gasteiger partial charge in [0.25, 0.3) is 5.91 Å². The van der Waals surface area contributed by atoms with Crippen LogP contribution < -0.4 is 10.5 Å². The van der Waals surface area contributed by atoms with Crippen LogP contribution in [0.1, 0.15) is 10.5 Å². The second kappa shape index (κ2) is 2.48. The van der Waals surface area contributed by atoms with Crippen molar-refractivity contribution < 1.29 is 9.52 Å². The molecule has 0 unspecified atom stereocenters. The molecule has 0 aliphatic heterocycles. The Balaban J connectivity index is 2.75. The van der Waals surface area contributed by atoms with E-state index in [-0.39, 0.29) is 5.69 Å². The number of aromatic nitrogens is 2. The van der Waals surface area contributed by atoms with Gasteiger partial charge in [-0.1, -0.05) is 0 Å². The number of primary amides is 1. The molecule has 5 heteroatoms. The average molecular weight is 177 g/mol. The molecular weight excluding hydrogens is 170 g/mol. The maximum atomic E-state index is 11.2. The second-order valence-electron chi connectivity index (χ2n) is 2.68. The highest BCUT2D eigenvalue weighted by Crippen LogP contribution is 2.09. The molecule has 2 aromatic rings. The quantitative estimate of drug-likeness (QED) is 0.470. The van der Waals surface area contributed by atoms with Gasteiger partial charge in [-0.25, -0.2) is 0 Å². The van der Waals surface area contributed by atoms with E-state index in [1.165, 1.54) is 12.3 Å². The molecule has 0 spiro atoms. The molecule has 3 N–H and O–H groups in total. The summed E-state index contributed by atoms with van der Waals surface area (Å²) < 4.78 is 0.679. The van der Waals surface area contributed by atoms with Gasteiger partial charge in [0.15, 0.2) is 6.20 Å². The lowest BCUT2D eigenvalue weighted by Crippen LogP contribution is -2.25. The Morgan fingerprint density at radius 1 is 1.62 bits per heavy atom. The first-order valence-electron chi connectivity index (χ1n) is 3.69. The van der Waals surface area contributed by atoms with Gasteiger partial charge in [0.1, 0.15) is 11.2 Å². The number of amides is 1. The molecule has 13 heavy (non-hydrogen) atoms. The second-order valence-corrected chi connectivity index (χ2v) is 2.68. The van der Waals surface area contributed by atoms with E-state index in [0.29, 0.717) is 15.8 Å². The lowest BCUT2D eigenvalue weighted by atomic mass is 10.3. The summed E-state index contributed by atoms with van der Waals surface area (Å²) in [6.45, 7) is 0. The Labute approximate surface area is 73.4 Å². The van der Waals surface area contributed by atoms with Gasteiger partial charge in [0.2, 0.25) is 5.52 Å². The summed E-state index contributed by atoms with van der Waals surface area (Å²) in [4.78, 5) is 13.5. The van der Waals surface area contributed by atoms with Gasteiger partial charge in [0.05, 0.1) is 0 Å². The van der Waals surface area contributed by atoms with Gasteiger partial charge in [-0.3, -0.25) is 4.79 Å². The van der Waals surface area contributed by atoms with Crippen LogP contribution in [-0.4, -0.2) is 10.9 Å². The molecular formula is C8H7N3O2. The van der Waals surface area contributed by atoms with Crippen molar-refractivity contribution in [2.24, 2.45) is 5.73 Å². The van der Waals surface area contributed by atoms with Crippen molar-refractivity contribution in [3.05, 3.63) is 35.3 Å². The zero-order chi connectivity index (χ0) is 9.42. The van der Waals surface area contributed by atoms with Crippen LogP contribution in [0.15, 0.2) is 24.4 Å². The molecule has 0 atom stereocenters.